The fourth-order valence-corrected chi connectivity index (χ4v) is 9.56. The molecule has 3 heterocycles. The predicted octanol–water partition coefficient (Wildman–Crippen LogP) is 7.93. The zero-order chi connectivity index (χ0) is 40.5. The summed E-state index contributed by atoms with van der Waals surface area (Å²) in [5.74, 6) is -0.550. The van der Waals surface area contributed by atoms with Gasteiger partial charge in [0, 0.05) is 46.6 Å². The van der Waals surface area contributed by atoms with E-state index in [1.54, 1.807) is 9.80 Å². The Balaban J connectivity index is 0.973. The molecule has 4 amide bonds. The van der Waals surface area contributed by atoms with E-state index >= 15 is 0 Å². The van der Waals surface area contributed by atoms with Crippen LogP contribution in [0.25, 0.3) is 22.2 Å². The molecule has 0 unspecified atom stereocenters. The minimum Gasteiger partial charge on any atom is -0.354 e. The largest absolute Gasteiger partial charge is 0.354 e. The van der Waals surface area contributed by atoms with Crippen LogP contribution in [0.3, 0.4) is 0 Å². The molecule has 2 fully saturated rings. The van der Waals surface area contributed by atoms with E-state index in [9.17, 15) is 19.2 Å². The molecule has 10 nitrogen and oxygen atoms in total. The number of nitrogens with one attached hydrogen (secondary N) is 3. The molecule has 0 saturated carbocycles. The number of aromatic nitrogens is 1. The highest BCUT2D eigenvalue weighted by molar-refractivity contribution is 6.02. The van der Waals surface area contributed by atoms with Crippen LogP contribution >= 0.6 is 0 Å². The Labute approximate surface area is 341 Å². The van der Waals surface area contributed by atoms with Crippen molar-refractivity contribution < 1.29 is 19.2 Å². The molecule has 3 aliphatic rings. The number of likely N-dealkylation sites (N-methyl/N-ethyl adjacent to an activating group) is 1. The van der Waals surface area contributed by atoms with Crippen LogP contribution in [0, 0.1) is 5.92 Å². The van der Waals surface area contributed by atoms with Gasteiger partial charge >= 0.3 is 0 Å². The Bertz CT molecular complexity index is 2320. The first-order valence-corrected chi connectivity index (χ1v) is 20.9. The van der Waals surface area contributed by atoms with E-state index in [2.05, 4.69) is 41.6 Å². The summed E-state index contributed by atoms with van der Waals surface area (Å²) in [6, 6.07) is 30.2. The van der Waals surface area contributed by atoms with Crippen molar-refractivity contribution in [1.82, 2.24) is 19.7 Å². The highest BCUT2D eigenvalue weighted by Crippen LogP contribution is 2.39. The first kappa shape index (κ1) is 39.1. The molecule has 4 aromatic carbocycles. The second kappa shape index (κ2) is 16.6. The van der Waals surface area contributed by atoms with Crippen LogP contribution in [0.5, 0.6) is 0 Å². The number of anilines is 2. The topological polar surface area (TPSA) is 118 Å². The molecule has 4 atom stereocenters. The fourth-order valence-electron chi connectivity index (χ4n) is 9.56. The van der Waals surface area contributed by atoms with Gasteiger partial charge in [0.15, 0.2) is 0 Å². The zero-order valence-corrected chi connectivity index (χ0v) is 34.0. The summed E-state index contributed by atoms with van der Waals surface area (Å²) in [6.45, 7) is 5.26. The third-order valence-electron chi connectivity index (χ3n) is 12.3. The van der Waals surface area contributed by atoms with E-state index in [4.69, 9.17) is 0 Å². The number of rotatable bonds is 10. The van der Waals surface area contributed by atoms with E-state index in [-0.39, 0.29) is 35.5 Å². The molecule has 5 aromatic rings. The van der Waals surface area contributed by atoms with Gasteiger partial charge in [0.1, 0.15) is 18.1 Å². The van der Waals surface area contributed by atoms with Gasteiger partial charge in [-0.3, -0.25) is 24.1 Å². The highest BCUT2D eigenvalue weighted by Gasteiger charge is 2.40. The molecule has 2 aliphatic heterocycles. The summed E-state index contributed by atoms with van der Waals surface area (Å²) in [5, 5.41) is 7.38. The first-order chi connectivity index (χ1) is 28.1. The standard InChI is InChI=1S/C48H54N6O4/c1-30(2)42(31-14-7-5-8-15-31)47(57)53-26-12-20-40(53)45(55)49-34-22-24-36-33(28-34)18-11-19-37-38-29-35(23-25-39(38)51-43(36)37)50-46(56)41-21-13-27-54(41)48(58)44(52(3)4)32-16-9-6-10-17-32/h5-10,14-17,22-25,28-30,40-42,44,51H,11-13,18-21,26-27H2,1-4H3,(H,49,55)(H,50,56)/t40-,41-,42+,44+/m0/s1. The molecular weight excluding hydrogens is 725 g/mol. The molecule has 1 aromatic heterocycles. The number of amides is 4. The maximum atomic E-state index is 13.9. The fraction of sp³-hybridized carbons (Fsp3) is 0.375. The lowest BCUT2D eigenvalue weighted by molar-refractivity contribution is -0.140. The van der Waals surface area contributed by atoms with Gasteiger partial charge in [-0.1, -0.05) is 80.6 Å². The number of hydrogen-bond donors (Lipinski definition) is 3. The van der Waals surface area contributed by atoms with Crippen molar-refractivity contribution in [3.63, 3.8) is 0 Å². The van der Waals surface area contributed by atoms with Crippen LogP contribution in [0.15, 0.2) is 97.1 Å². The lowest BCUT2D eigenvalue weighted by Gasteiger charge is -2.31. The van der Waals surface area contributed by atoms with Gasteiger partial charge in [-0.25, -0.2) is 0 Å². The van der Waals surface area contributed by atoms with E-state index in [0.29, 0.717) is 31.6 Å². The summed E-state index contributed by atoms with van der Waals surface area (Å²) < 4.78 is 0. The van der Waals surface area contributed by atoms with Crippen molar-refractivity contribution in [1.29, 1.82) is 0 Å². The average Bonchev–Trinajstić information content (AvgIpc) is 3.96. The molecule has 2 saturated heterocycles. The Kier molecular flexibility index (Phi) is 11.2. The number of benzene rings is 4. The second-order valence-corrected chi connectivity index (χ2v) is 16.7. The van der Waals surface area contributed by atoms with E-state index in [1.807, 2.05) is 104 Å². The lowest BCUT2D eigenvalue weighted by atomic mass is 9.87. The third kappa shape index (κ3) is 7.65. The van der Waals surface area contributed by atoms with Crippen molar-refractivity contribution in [3.05, 3.63) is 119 Å². The smallest absolute Gasteiger partial charge is 0.247 e. The summed E-state index contributed by atoms with van der Waals surface area (Å²) in [5.41, 5.74) is 8.83. The molecule has 0 bridgehead atoms. The summed E-state index contributed by atoms with van der Waals surface area (Å²) in [7, 11) is 3.80. The van der Waals surface area contributed by atoms with Crippen molar-refractivity contribution in [2.24, 2.45) is 5.92 Å². The molecule has 0 radical (unpaired) electrons. The number of aryl methyl sites for hydroxylation is 2. The SMILES string of the molecule is CC(C)[C@@H](C(=O)N1CCC[C@H]1C(=O)Nc1ccc2c(c1)CCCc1c-2[nH]c2ccc(NC(=O)[C@@H]3CCCN3C(=O)[C@@H](c3ccccc3)N(C)C)cc12)c1ccccc1. The monoisotopic (exact) mass is 778 g/mol. The summed E-state index contributed by atoms with van der Waals surface area (Å²) in [4.78, 5) is 64.6. The van der Waals surface area contributed by atoms with Gasteiger partial charge in [-0.05, 0) is 118 Å². The summed E-state index contributed by atoms with van der Waals surface area (Å²) in [6.07, 6.45) is 5.48. The molecule has 0 spiro atoms. The van der Waals surface area contributed by atoms with Crippen molar-refractivity contribution >= 4 is 45.9 Å². The first-order valence-electron chi connectivity index (χ1n) is 20.9. The van der Waals surface area contributed by atoms with Gasteiger partial charge in [0.25, 0.3) is 0 Å². The van der Waals surface area contributed by atoms with Crippen LogP contribution in [-0.2, 0) is 32.0 Å². The Morgan fingerprint density at radius 2 is 1.28 bits per heavy atom. The number of hydrogen-bond acceptors (Lipinski definition) is 5. The van der Waals surface area contributed by atoms with E-state index in [1.165, 1.54) is 5.56 Å². The molecule has 1 aliphatic carbocycles. The zero-order valence-electron chi connectivity index (χ0n) is 34.0. The van der Waals surface area contributed by atoms with Gasteiger partial charge in [-0.15, -0.1) is 0 Å². The van der Waals surface area contributed by atoms with Gasteiger partial charge in [0.2, 0.25) is 23.6 Å². The summed E-state index contributed by atoms with van der Waals surface area (Å²) >= 11 is 0. The number of H-pyrrole nitrogens is 1. The van der Waals surface area contributed by atoms with Crippen LogP contribution in [-0.4, -0.2) is 82.6 Å². The second-order valence-electron chi connectivity index (χ2n) is 16.7. The molecule has 10 heteroatoms. The Hall–Kier alpha value is -5.74. The number of carbonyl (C=O) groups excluding carboxylic acids is 4. The quantitative estimate of drug-likeness (QED) is 0.133. The molecular formula is C48H54N6O4. The van der Waals surface area contributed by atoms with Crippen LogP contribution in [0.1, 0.15) is 80.2 Å². The van der Waals surface area contributed by atoms with Crippen molar-refractivity contribution in [3.8, 4) is 11.3 Å². The van der Waals surface area contributed by atoms with E-state index < -0.39 is 18.1 Å². The normalized spacial score (nSPS) is 18.8. The van der Waals surface area contributed by atoms with Crippen molar-refractivity contribution in [2.45, 2.75) is 82.8 Å². The third-order valence-corrected chi connectivity index (χ3v) is 12.3. The minimum atomic E-state index is -0.539. The van der Waals surface area contributed by atoms with Crippen LogP contribution in [0.4, 0.5) is 11.4 Å². The van der Waals surface area contributed by atoms with E-state index in [0.717, 1.165) is 76.6 Å². The minimum absolute atomic E-state index is 0.0161. The Morgan fingerprint density at radius 3 is 1.90 bits per heavy atom. The van der Waals surface area contributed by atoms with Gasteiger partial charge < -0.3 is 25.4 Å². The van der Waals surface area contributed by atoms with Crippen LogP contribution < -0.4 is 10.6 Å². The maximum absolute atomic E-state index is 13.9. The molecule has 300 valence electrons. The number of fused-ring (bicyclic) bond motifs is 5. The highest BCUT2D eigenvalue weighted by atomic mass is 16.2. The number of nitrogens with zero attached hydrogens (tertiary/aromatic N) is 3. The van der Waals surface area contributed by atoms with Gasteiger partial charge in [0.05, 0.1) is 5.92 Å². The maximum Gasteiger partial charge on any atom is 0.247 e. The molecule has 8 rings (SSSR count). The van der Waals surface area contributed by atoms with Gasteiger partial charge in [-0.2, -0.15) is 0 Å². The number of aromatic amines is 1. The predicted molar refractivity (Wildman–Crippen MR) is 229 cm³/mol. The Morgan fingerprint density at radius 1 is 0.690 bits per heavy atom. The molecule has 58 heavy (non-hydrogen) atoms. The number of likely N-dealkylation sites (tertiary alicyclic amines) is 2. The van der Waals surface area contributed by atoms with Crippen LogP contribution in [0.2, 0.25) is 0 Å². The number of carbonyl (C=O) groups is 4. The average molecular weight is 779 g/mol. The van der Waals surface area contributed by atoms with Crippen molar-refractivity contribution in [2.75, 3.05) is 37.8 Å². The molecule has 3 N–H and O–H groups in total. The lowest BCUT2D eigenvalue weighted by Crippen LogP contribution is -2.47.